The second-order valence-corrected chi connectivity index (χ2v) is 5.81. The van der Waals surface area contributed by atoms with Crippen molar-refractivity contribution in [2.24, 2.45) is 5.73 Å². The third kappa shape index (κ3) is 6.85. The number of rotatable bonds is 4. The molecule has 0 unspecified atom stereocenters. The molecule has 0 aliphatic rings. The van der Waals surface area contributed by atoms with Gasteiger partial charge in [0.05, 0.1) is 11.1 Å². The lowest BCUT2D eigenvalue weighted by molar-refractivity contribution is -0.137. The van der Waals surface area contributed by atoms with Crippen molar-refractivity contribution in [3.05, 3.63) is 47.9 Å². The molecule has 0 saturated carbocycles. The number of ether oxygens (including phenoxy) is 1. The van der Waals surface area contributed by atoms with E-state index in [-0.39, 0.29) is 42.1 Å². The second kappa shape index (κ2) is 9.20. The molecule has 11 heteroatoms. The predicted octanol–water partition coefficient (Wildman–Crippen LogP) is 4.55. The summed E-state index contributed by atoms with van der Waals surface area (Å²) in [6.07, 6.45) is -3.93. The molecule has 0 radical (unpaired) electrons. The Labute approximate surface area is 165 Å². The Balaban J connectivity index is 0.00000338. The summed E-state index contributed by atoms with van der Waals surface area (Å²) in [7, 11) is 0. The number of nitrogens with zero attached hydrogens (tertiary/aromatic N) is 1. The third-order valence-corrected chi connectivity index (χ3v) is 3.05. The first-order valence-electron chi connectivity index (χ1n) is 7.08. The van der Waals surface area contributed by atoms with Crippen LogP contribution in [-0.4, -0.2) is 16.4 Å². The smallest absolute Gasteiger partial charge is 0.417 e. The Bertz CT molecular complexity index is 779. The van der Waals surface area contributed by atoms with Gasteiger partial charge in [0.1, 0.15) is 0 Å². The second-order valence-electron chi connectivity index (χ2n) is 5.81. The number of nitrogens with one attached hydrogen (secondary N) is 1. The van der Waals surface area contributed by atoms with Crippen LogP contribution in [0, 0.1) is 5.82 Å². The van der Waals surface area contributed by atoms with Gasteiger partial charge < -0.3 is 15.8 Å². The summed E-state index contributed by atoms with van der Waals surface area (Å²) in [5, 5.41) is 2.44. The molecule has 3 N–H and O–H groups in total. The number of pyridine rings is 1. The Morgan fingerprint density at radius 1 is 1.15 bits per heavy atom. The number of aromatic nitrogens is 1. The highest BCUT2D eigenvalue weighted by molar-refractivity contribution is 5.97. The molecule has 0 spiro atoms. The molecule has 2 aromatic rings. The summed E-state index contributed by atoms with van der Waals surface area (Å²) in [6.45, 7) is 2.99. The molecule has 27 heavy (non-hydrogen) atoms. The van der Waals surface area contributed by atoms with Gasteiger partial charge in [0, 0.05) is 24.0 Å². The molecule has 1 aromatic carbocycles. The highest BCUT2D eigenvalue weighted by Gasteiger charge is 2.30. The van der Waals surface area contributed by atoms with Gasteiger partial charge in [0.15, 0.2) is 11.6 Å². The number of benzene rings is 1. The lowest BCUT2D eigenvalue weighted by Gasteiger charge is -2.18. The molecule has 0 saturated heterocycles. The Kier molecular flexibility index (Phi) is 8.49. The highest BCUT2D eigenvalue weighted by Crippen LogP contribution is 2.31. The van der Waals surface area contributed by atoms with E-state index in [9.17, 15) is 22.4 Å². The number of halogens is 6. The quantitative estimate of drug-likeness (QED) is 0.698. The van der Waals surface area contributed by atoms with Crippen molar-refractivity contribution in [2.75, 3.05) is 5.32 Å². The van der Waals surface area contributed by atoms with Gasteiger partial charge in [-0.25, -0.2) is 9.37 Å². The number of anilines is 1. The van der Waals surface area contributed by atoms with Gasteiger partial charge in [-0.3, -0.25) is 4.79 Å². The lowest BCUT2D eigenvalue weighted by Crippen LogP contribution is -2.45. The summed E-state index contributed by atoms with van der Waals surface area (Å²) < 4.78 is 56.5. The largest absolute Gasteiger partial charge is 0.436 e. The van der Waals surface area contributed by atoms with Crippen LogP contribution in [0.15, 0.2) is 36.5 Å². The Hall–Kier alpha value is -2.10. The van der Waals surface area contributed by atoms with E-state index in [0.717, 1.165) is 18.2 Å². The Morgan fingerprint density at radius 2 is 1.78 bits per heavy atom. The molecule has 1 amide bonds. The number of nitrogens with two attached hydrogens (primary N) is 1. The molecule has 5 nitrogen and oxygen atoms in total. The molecule has 150 valence electrons. The zero-order valence-corrected chi connectivity index (χ0v) is 15.8. The van der Waals surface area contributed by atoms with Gasteiger partial charge >= 0.3 is 6.18 Å². The van der Waals surface area contributed by atoms with E-state index < -0.39 is 29.0 Å². The zero-order valence-electron chi connectivity index (χ0n) is 14.1. The van der Waals surface area contributed by atoms with E-state index >= 15 is 0 Å². The minimum Gasteiger partial charge on any atom is -0.436 e. The molecule has 0 aliphatic heterocycles. The number of hydrogen-bond donors (Lipinski definition) is 2. The van der Waals surface area contributed by atoms with Crippen LogP contribution in [0.3, 0.4) is 0 Å². The van der Waals surface area contributed by atoms with Crippen LogP contribution in [-0.2, 0) is 11.0 Å². The molecule has 0 atom stereocenters. The average Bonchev–Trinajstić information content (AvgIpc) is 2.48. The van der Waals surface area contributed by atoms with Crippen molar-refractivity contribution in [1.29, 1.82) is 0 Å². The number of hydrogen-bond acceptors (Lipinski definition) is 4. The standard InChI is InChI=1S/C16H15F4N3O2.2ClH/c1-15(2,21)14(24)23-10-4-5-12(11(17)7-10)25-13-6-3-9(8-22-13)16(18,19)20;;/h3-8H,21H2,1-2H3,(H,23,24);2*1H. The van der Waals surface area contributed by atoms with Crippen LogP contribution in [0.1, 0.15) is 19.4 Å². The van der Waals surface area contributed by atoms with E-state index in [1.807, 2.05) is 0 Å². The molecule has 1 aromatic heterocycles. The van der Waals surface area contributed by atoms with E-state index in [4.69, 9.17) is 10.5 Å². The minimum atomic E-state index is -4.52. The number of alkyl halides is 3. The van der Waals surface area contributed by atoms with Crippen molar-refractivity contribution in [1.82, 2.24) is 4.98 Å². The fraction of sp³-hybridized carbons (Fsp3) is 0.250. The van der Waals surface area contributed by atoms with Crippen molar-refractivity contribution in [2.45, 2.75) is 25.6 Å². The normalized spacial score (nSPS) is 11.1. The predicted molar refractivity (Wildman–Crippen MR) is 97.1 cm³/mol. The summed E-state index contributed by atoms with van der Waals surface area (Å²) in [4.78, 5) is 15.2. The molecule has 1 heterocycles. The number of carbonyl (C=O) groups excluding carboxylic acids is 1. The van der Waals surface area contributed by atoms with Crippen LogP contribution in [0.2, 0.25) is 0 Å². The number of amides is 1. The third-order valence-electron chi connectivity index (χ3n) is 3.05. The average molecular weight is 430 g/mol. The van der Waals surface area contributed by atoms with Gasteiger partial charge in [-0.15, -0.1) is 24.8 Å². The first-order valence-corrected chi connectivity index (χ1v) is 7.08. The highest BCUT2D eigenvalue weighted by atomic mass is 35.5. The molecular weight excluding hydrogens is 413 g/mol. The summed E-state index contributed by atoms with van der Waals surface area (Å²) >= 11 is 0. The van der Waals surface area contributed by atoms with E-state index in [2.05, 4.69) is 10.3 Å². The summed E-state index contributed by atoms with van der Waals surface area (Å²) in [6, 6.07) is 5.34. The summed E-state index contributed by atoms with van der Waals surface area (Å²) in [5.41, 5.74) is 3.70. The van der Waals surface area contributed by atoms with Gasteiger partial charge in [0.25, 0.3) is 0 Å². The van der Waals surface area contributed by atoms with Crippen molar-refractivity contribution >= 4 is 36.4 Å². The fourth-order valence-corrected chi connectivity index (χ4v) is 1.67. The monoisotopic (exact) mass is 429 g/mol. The first-order chi connectivity index (χ1) is 11.5. The van der Waals surface area contributed by atoms with Gasteiger partial charge in [-0.2, -0.15) is 13.2 Å². The molecule has 0 aliphatic carbocycles. The molecule has 2 rings (SSSR count). The molecular formula is C16H17Cl2F4N3O2. The SMILES string of the molecule is CC(C)(N)C(=O)Nc1ccc(Oc2ccc(C(F)(F)F)cn2)c(F)c1.Cl.Cl. The van der Waals surface area contributed by atoms with Crippen LogP contribution >= 0.6 is 24.8 Å². The zero-order chi connectivity index (χ0) is 18.8. The van der Waals surface area contributed by atoms with E-state index in [0.29, 0.717) is 6.20 Å². The maximum Gasteiger partial charge on any atom is 0.417 e. The van der Waals surface area contributed by atoms with Gasteiger partial charge in [0.2, 0.25) is 11.8 Å². The van der Waals surface area contributed by atoms with Gasteiger partial charge in [-0.1, -0.05) is 0 Å². The van der Waals surface area contributed by atoms with Crippen molar-refractivity contribution in [3.8, 4) is 11.6 Å². The van der Waals surface area contributed by atoms with Crippen LogP contribution in [0.4, 0.5) is 23.2 Å². The topological polar surface area (TPSA) is 77.2 Å². The maximum atomic E-state index is 14.0. The molecule has 0 bridgehead atoms. The lowest BCUT2D eigenvalue weighted by atomic mass is 10.1. The first kappa shape index (κ1) is 24.9. The van der Waals surface area contributed by atoms with E-state index in [1.165, 1.54) is 26.0 Å². The summed E-state index contributed by atoms with van der Waals surface area (Å²) in [5.74, 6) is -1.79. The molecule has 0 fully saturated rings. The van der Waals surface area contributed by atoms with Crippen LogP contribution in [0.25, 0.3) is 0 Å². The minimum absolute atomic E-state index is 0. The Morgan fingerprint density at radius 3 is 2.22 bits per heavy atom. The van der Waals surface area contributed by atoms with Crippen LogP contribution < -0.4 is 15.8 Å². The van der Waals surface area contributed by atoms with Crippen LogP contribution in [0.5, 0.6) is 11.6 Å². The van der Waals surface area contributed by atoms with E-state index in [1.54, 1.807) is 0 Å². The fourth-order valence-electron chi connectivity index (χ4n) is 1.67. The number of carbonyl (C=O) groups is 1. The van der Waals surface area contributed by atoms with Gasteiger partial charge in [-0.05, 0) is 32.0 Å². The maximum absolute atomic E-state index is 14.0. The van der Waals surface area contributed by atoms with Crippen molar-refractivity contribution in [3.63, 3.8) is 0 Å². The van der Waals surface area contributed by atoms with Crippen molar-refractivity contribution < 1.29 is 27.1 Å².